The van der Waals surface area contributed by atoms with Crippen molar-refractivity contribution in [1.29, 1.82) is 0 Å². The van der Waals surface area contributed by atoms with E-state index in [9.17, 15) is 24.5 Å². The molecule has 0 bridgehead atoms. The zero-order chi connectivity index (χ0) is 22.3. The average molecular weight is 438 g/mol. The van der Waals surface area contributed by atoms with E-state index < -0.39 is 40.6 Å². The van der Waals surface area contributed by atoms with E-state index in [0.29, 0.717) is 11.5 Å². The zero-order valence-corrected chi connectivity index (χ0v) is 16.5. The van der Waals surface area contributed by atoms with Crippen molar-refractivity contribution in [2.45, 2.75) is 0 Å². The summed E-state index contributed by atoms with van der Waals surface area (Å²) in [5.41, 5.74) is 3.43. The van der Waals surface area contributed by atoms with Gasteiger partial charge in [-0.15, -0.1) is 0 Å². The number of benzene rings is 2. The Bertz CT molecular complexity index is 995. The summed E-state index contributed by atoms with van der Waals surface area (Å²) in [6.07, 6.45) is 0. The van der Waals surface area contributed by atoms with E-state index in [1.165, 1.54) is 38.5 Å². The SMILES string of the molecule is COc1ccc(C(=O)NNC(=O)COC(=O)c2cc(Cl)ccc2[N+](=O)[O-])cc1OC. The number of methoxy groups -OCH3 is 2. The van der Waals surface area contributed by atoms with Crippen LogP contribution in [0.25, 0.3) is 0 Å². The first-order valence-corrected chi connectivity index (χ1v) is 8.57. The van der Waals surface area contributed by atoms with E-state index in [4.69, 9.17) is 25.8 Å². The van der Waals surface area contributed by atoms with Gasteiger partial charge in [-0.25, -0.2) is 4.79 Å². The minimum atomic E-state index is -1.12. The largest absolute Gasteiger partial charge is 0.493 e. The van der Waals surface area contributed by atoms with Crippen molar-refractivity contribution in [3.63, 3.8) is 0 Å². The molecule has 2 rings (SSSR count). The molecule has 12 heteroatoms. The summed E-state index contributed by atoms with van der Waals surface area (Å²) in [6.45, 7) is -0.797. The van der Waals surface area contributed by atoms with Crippen LogP contribution >= 0.6 is 11.6 Å². The molecule has 2 N–H and O–H groups in total. The number of ether oxygens (including phenoxy) is 3. The molecule has 0 radical (unpaired) electrons. The fraction of sp³-hybridized carbons (Fsp3) is 0.167. The third-order valence-corrected chi connectivity index (χ3v) is 3.91. The van der Waals surface area contributed by atoms with Gasteiger partial charge in [0.1, 0.15) is 5.56 Å². The second kappa shape index (κ2) is 10.1. The number of carbonyl (C=O) groups excluding carboxylic acids is 3. The summed E-state index contributed by atoms with van der Waals surface area (Å²) >= 11 is 5.74. The Morgan fingerprint density at radius 1 is 1.03 bits per heavy atom. The molecule has 2 aromatic rings. The molecule has 0 saturated heterocycles. The third-order valence-electron chi connectivity index (χ3n) is 3.67. The highest BCUT2D eigenvalue weighted by molar-refractivity contribution is 6.31. The predicted molar refractivity (Wildman–Crippen MR) is 104 cm³/mol. The van der Waals surface area contributed by atoms with Gasteiger partial charge in [0.15, 0.2) is 18.1 Å². The van der Waals surface area contributed by atoms with Gasteiger partial charge < -0.3 is 14.2 Å². The molecular formula is C18H16ClN3O8. The number of nitrogens with zero attached hydrogens (tertiary/aromatic N) is 1. The monoisotopic (exact) mass is 437 g/mol. The minimum absolute atomic E-state index is 0.0826. The van der Waals surface area contributed by atoms with Gasteiger partial charge in [0.25, 0.3) is 17.5 Å². The molecule has 158 valence electrons. The summed E-state index contributed by atoms with van der Waals surface area (Å²) in [6, 6.07) is 7.70. The van der Waals surface area contributed by atoms with Crippen LogP contribution in [0.5, 0.6) is 11.5 Å². The standard InChI is InChI=1S/C18H16ClN3O8/c1-28-14-6-3-10(7-15(14)29-2)17(24)21-20-16(23)9-30-18(25)12-8-11(19)4-5-13(12)22(26)27/h3-8H,9H2,1-2H3,(H,20,23)(H,21,24). The summed E-state index contributed by atoms with van der Waals surface area (Å²) in [5.74, 6) is -1.93. The third kappa shape index (κ3) is 5.58. The van der Waals surface area contributed by atoms with Gasteiger partial charge in [0.2, 0.25) is 0 Å². The second-order valence-electron chi connectivity index (χ2n) is 5.57. The lowest BCUT2D eigenvalue weighted by Crippen LogP contribution is -2.43. The number of hydrogen-bond donors (Lipinski definition) is 2. The Morgan fingerprint density at radius 3 is 2.37 bits per heavy atom. The van der Waals surface area contributed by atoms with Crippen molar-refractivity contribution in [2.24, 2.45) is 0 Å². The maximum Gasteiger partial charge on any atom is 0.345 e. The molecule has 0 unspecified atom stereocenters. The average Bonchev–Trinajstić information content (AvgIpc) is 2.74. The molecule has 0 atom stereocenters. The van der Waals surface area contributed by atoms with Crippen molar-refractivity contribution < 1.29 is 33.5 Å². The first-order valence-electron chi connectivity index (χ1n) is 8.19. The van der Waals surface area contributed by atoms with Crippen LogP contribution in [0.2, 0.25) is 5.02 Å². The summed E-state index contributed by atoms with van der Waals surface area (Å²) in [5, 5.41) is 11.1. The molecule has 0 aromatic heterocycles. The molecule has 2 amide bonds. The van der Waals surface area contributed by atoms with Crippen LogP contribution in [-0.2, 0) is 9.53 Å². The Hall–Kier alpha value is -3.86. The topological polar surface area (TPSA) is 146 Å². The van der Waals surface area contributed by atoms with Crippen LogP contribution in [0.1, 0.15) is 20.7 Å². The van der Waals surface area contributed by atoms with E-state index in [0.717, 1.165) is 12.1 Å². The zero-order valence-electron chi connectivity index (χ0n) is 15.8. The Balaban J connectivity index is 1.93. The summed E-state index contributed by atoms with van der Waals surface area (Å²) in [7, 11) is 2.84. The van der Waals surface area contributed by atoms with E-state index in [-0.39, 0.29) is 10.6 Å². The van der Waals surface area contributed by atoms with Gasteiger partial charge in [0, 0.05) is 16.7 Å². The summed E-state index contributed by atoms with van der Waals surface area (Å²) < 4.78 is 14.9. The quantitative estimate of drug-likeness (QED) is 0.379. The lowest BCUT2D eigenvalue weighted by atomic mass is 10.2. The molecule has 0 saturated carbocycles. The van der Waals surface area contributed by atoms with Crippen LogP contribution in [0, 0.1) is 10.1 Å². The number of esters is 1. The minimum Gasteiger partial charge on any atom is -0.493 e. The number of hydrogen-bond acceptors (Lipinski definition) is 8. The fourth-order valence-electron chi connectivity index (χ4n) is 2.25. The first kappa shape index (κ1) is 22.4. The van der Waals surface area contributed by atoms with Crippen LogP contribution < -0.4 is 20.3 Å². The van der Waals surface area contributed by atoms with Gasteiger partial charge in [0.05, 0.1) is 19.1 Å². The van der Waals surface area contributed by atoms with Crippen LogP contribution in [0.15, 0.2) is 36.4 Å². The molecule has 0 heterocycles. The van der Waals surface area contributed by atoms with Gasteiger partial charge in [-0.1, -0.05) is 11.6 Å². The Morgan fingerprint density at radius 2 is 1.73 bits per heavy atom. The Kier molecular flexibility index (Phi) is 7.53. The molecule has 11 nitrogen and oxygen atoms in total. The number of rotatable bonds is 7. The maximum atomic E-state index is 12.1. The lowest BCUT2D eigenvalue weighted by Gasteiger charge is -2.11. The molecular weight excluding hydrogens is 422 g/mol. The highest BCUT2D eigenvalue weighted by atomic mass is 35.5. The number of nitrogens with one attached hydrogen (secondary N) is 2. The number of nitro benzene ring substituents is 1. The molecule has 0 aliphatic rings. The first-order chi connectivity index (χ1) is 14.3. The molecule has 0 aliphatic carbocycles. The van der Waals surface area contributed by atoms with Crippen LogP contribution in [0.4, 0.5) is 5.69 Å². The highest BCUT2D eigenvalue weighted by Gasteiger charge is 2.22. The number of amides is 2. The van der Waals surface area contributed by atoms with E-state index in [1.54, 1.807) is 0 Å². The molecule has 0 spiro atoms. The van der Waals surface area contributed by atoms with Crippen molar-refractivity contribution in [1.82, 2.24) is 10.9 Å². The normalized spacial score (nSPS) is 9.97. The van der Waals surface area contributed by atoms with Gasteiger partial charge >= 0.3 is 5.97 Å². The van der Waals surface area contributed by atoms with E-state index in [1.807, 2.05) is 0 Å². The number of carbonyl (C=O) groups is 3. The molecule has 0 fully saturated rings. The predicted octanol–water partition coefficient (Wildman–Crippen LogP) is 1.88. The maximum absolute atomic E-state index is 12.1. The smallest absolute Gasteiger partial charge is 0.345 e. The molecule has 2 aromatic carbocycles. The number of nitro groups is 1. The van der Waals surface area contributed by atoms with Crippen molar-refractivity contribution in [3.8, 4) is 11.5 Å². The second-order valence-corrected chi connectivity index (χ2v) is 6.00. The van der Waals surface area contributed by atoms with Crippen molar-refractivity contribution in [2.75, 3.05) is 20.8 Å². The van der Waals surface area contributed by atoms with Gasteiger partial charge in [-0.3, -0.25) is 30.6 Å². The van der Waals surface area contributed by atoms with Crippen LogP contribution in [0.3, 0.4) is 0 Å². The van der Waals surface area contributed by atoms with Crippen molar-refractivity contribution in [3.05, 3.63) is 62.7 Å². The van der Waals surface area contributed by atoms with Crippen LogP contribution in [-0.4, -0.2) is 43.5 Å². The summed E-state index contributed by atoms with van der Waals surface area (Å²) in [4.78, 5) is 46.2. The van der Waals surface area contributed by atoms with E-state index in [2.05, 4.69) is 10.9 Å². The number of hydrazine groups is 1. The van der Waals surface area contributed by atoms with E-state index >= 15 is 0 Å². The molecule has 30 heavy (non-hydrogen) atoms. The fourth-order valence-corrected chi connectivity index (χ4v) is 2.42. The van der Waals surface area contributed by atoms with Gasteiger partial charge in [-0.2, -0.15) is 0 Å². The molecule has 0 aliphatic heterocycles. The highest BCUT2D eigenvalue weighted by Crippen LogP contribution is 2.27. The van der Waals surface area contributed by atoms with Gasteiger partial charge in [-0.05, 0) is 30.3 Å². The Labute approximate surface area is 175 Å². The number of halogens is 1. The lowest BCUT2D eigenvalue weighted by molar-refractivity contribution is -0.385. The van der Waals surface area contributed by atoms with Crippen molar-refractivity contribution >= 4 is 35.1 Å².